The molecule has 5 nitrogen and oxygen atoms in total. The largest absolute Gasteiger partial charge is 0.276 e. The van der Waals surface area contributed by atoms with Crippen molar-refractivity contribution >= 4 is 38.9 Å². The van der Waals surface area contributed by atoms with Gasteiger partial charge in [0.2, 0.25) is 0 Å². The van der Waals surface area contributed by atoms with Gasteiger partial charge in [-0.2, -0.15) is 5.10 Å². The lowest BCUT2D eigenvalue weighted by molar-refractivity contribution is 0.585. The minimum atomic E-state index is -3.77. The van der Waals surface area contributed by atoms with Crippen LogP contribution in [0.2, 0.25) is 10.0 Å². The van der Waals surface area contributed by atoms with Crippen LogP contribution in [0.15, 0.2) is 59.8 Å². The van der Waals surface area contributed by atoms with Crippen molar-refractivity contribution in [3.63, 3.8) is 0 Å². The number of halogens is 3. The maximum Gasteiger partial charge on any atom is 0.261 e. The number of nitrogens with one attached hydrogen (secondary N) is 1. The van der Waals surface area contributed by atoms with Gasteiger partial charge < -0.3 is 0 Å². The highest BCUT2D eigenvalue weighted by molar-refractivity contribution is 7.92. The van der Waals surface area contributed by atoms with Crippen LogP contribution in [0, 0.1) is 5.82 Å². The molecular formula is C16H12Cl2FN3O2S. The van der Waals surface area contributed by atoms with Gasteiger partial charge in [-0.05, 0) is 36.4 Å². The highest BCUT2D eigenvalue weighted by atomic mass is 35.5. The molecule has 0 aliphatic rings. The normalized spacial score (nSPS) is 11.5. The number of benzene rings is 2. The van der Waals surface area contributed by atoms with Gasteiger partial charge in [0.1, 0.15) is 5.82 Å². The van der Waals surface area contributed by atoms with Crippen molar-refractivity contribution in [2.24, 2.45) is 0 Å². The molecule has 1 heterocycles. The fourth-order valence-corrected chi connectivity index (χ4v) is 3.55. The van der Waals surface area contributed by atoms with Crippen molar-refractivity contribution in [2.75, 3.05) is 4.72 Å². The molecule has 25 heavy (non-hydrogen) atoms. The number of aromatic nitrogens is 2. The molecule has 3 aromatic rings. The summed E-state index contributed by atoms with van der Waals surface area (Å²) >= 11 is 11.7. The Kier molecular flexibility index (Phi) is 4.99. The van der Waals surface area contributed by atoms with Crippen LogP contribution < -0.4 is 4.72 Å². The van der Waals surface area contributed by atoms with Crippen LogP contribution >= 0.6 is 23.2 Å². The van der Waals surface area contributed by atoms with Crippen molar-refractivity contribution in [2.45, 2.75) is 11.4 Å². The zero-order valence-electron chi connectivity index (χ0n) is 12.7. The second-order valence-electron chi connectivity index (χ2n) is 5.19. The van der Waals surface area contributed by atoms with Crippen LogP contribution in [0.3, 0.4) is 0 Å². The van der Waals surface area contributed by atoms with E-state index in [4.69, 9.17) is 23.2 Å². The smallest absolute Gasteiger partial charge is 0.261 e. The van der Waals surface area contributed by atoms with Gasteiger partial charge in [-0.25, -0.2) is 12.8 Å². The molecule has 130 valence electrons. The van der Waals surface area contributed by atoms with E-state index in [2.05, 4.69) is 9.82 Å². The average molecular weight is 400 g/mol. The van der Waals surface area contributed by atoms with Gasteiger partial charge in [-0.15, -0.1) is 0 Å². The third kappa shape index (κ3) is 4.12. The summed E-state index contributed by atoms with van der Waals surface area (Å²) in [7, 11) is -3.77. The summed E-state index contributed by atoms with van der Waals surface area (Å²) in [6.45, 7) is 0.0776. The molecule has 3 rings (SSSR count). The van der Waals surface area contributed by atoms with E-state index < -0.39 is 15.8 Å². The SMILES string of the molecule is O=S(=O)(Nc1cnn(Cc2c(F)cccc2Cl)c1)c1ccc(Cl)cc1. The molecule has 0 atom stereocenters. The third-order valence-electron chi connectivity index (χ3n) is 3.39. The summed E-state index contributed by atoms with van der Waals surface area (Å²) in [5.41, 5.74) is 0.529. The van der Waals surface area contributed by atoms with Gasteiger partial charge >= 0.3 is 0 Å². The van der Waals surface area contributed by atoms with Crippen LogP contribution in [0.1, 0.15) is 5.56 Å². The van der Waals surface area contributed by atoms with Gasteiger partial charge in [0, 0.05) is 21.8 Å². The van der Waals surface area contributed by atoms with E-state index in [0.29, 0.717) is 5.02 Å². The summed E-state index contributed by atoms with van der Waals surface area (Å²) in [6.07, 6.45) is 2.79. The molecular weight excluding hydrogens is 388 g/mol. The minimum Gasteiger partial charge on any atom is -0.276 e. The summed E-state index contributed by atoms with van der Waals surface area (Å²) in [5, 5.41) is 4.74. The molecule has 0 saturated heterocycles. The Morgan fingerprint density at radius 3 is 2.52 bits per heavy atom. The third-order valence-corrected chi connectivity index (χ3v) is 5.39. The Labute approximate surface area is 154 Å². The highest BCUT2D eigenvalue weighted by Crippen LogP contribution is 2.21. The van der Waals surface area contributed by atoms with E-state index in [1.807, 2.05) is 0 Å². The predicted octanol–water partition coefficient (Wildman–Crippen LogP) is 4.18. The van der Waals surface area contributed by atoms with E-state index in [0.717, 1.165) is 0 Å². The minimum absolute atomic E-state index is 0.0711. The first-order valence-corrected chi connectivity index (χ1v) is 9.33. The van der Waals surface area contributed by atoms with E-state index in [1.165, 1.54) is 53.5 Å². The number of anilines is 1. The summed E-state index contributed by atoms with van der Waals surface area (Å²) < 4.78 is 42.3. The van der Waals surface area contributed by atoms with Crippen LogP contribution in [-0.4, -0.2) is 18.2 Å². The number of nitrogens with zero attached hydrogens (tertiary/aromatic N) is 2. The second-order valence-corrected chi connectivity index (χ2v) is 7.71. The fourth-order valence-electron chi connectivity index (χ4n) is 2.18. The van der Waals surface area contributed by atoms with Crippen molar-refractivity contribution in [3.8, 4) is 0 Å². The van der Waals surface area contributed by atoms with Crippen molar-refractivity contribution in [1.82, 2.24) is 9.78 Å². The number of hydrogen-bond donors (Lipinski definition) is 1. The molecule has 0 unspecified atom stereocenters. The Bertz CT molecular complexity index is 984. The quantitative estimate of drug-likeness (QED) is 0.699. The molecule has 0 aliphatic heterocycles. The van der Waals surface area contributed by atoms with Gasteiger partial charge in [0.25, 0.3) is 10.0 Å². The maximum absolute atomic E-state index is 13.8. The Balaban J connectivity index is 1.79. The summed E-state index contributed by atoms with van der Waals surface area (Å²) in [6, 6.07) is 10.2. The van der Waals surface area contributed by atoms with Crippen molar-refractivity contribution in [1.29, 1.82) is 0 Å². The molecule has 0 fully saturated rings. The first-order valence-electron chi connectivity index (χ1n) is 7.09. The van der Waals surface area contributed by atoms with Gasteiger partial charge in [0.05, 0.1) is 23.3 Å². The molecule has 0 saturated carbocycles. The molecule has 0 aliphatic carbocycles. The van der Waals surface area contributed by atoms with Crippen molar-refractivity contribution < 1.29 is 12.8 Å². The Hall–Kier alpha value is -2.09. The maximum atomic E-state index is 13.8. The first-order chi connectivity index (χ1) is 11.8. The molecule has 9 heteroatoms. The van der Waals surface area contributed by atoms with Gasteiger partial charge in [0.15, 0.2) is 0 Å². The average Bonchev–Trinajstić information content (AvgIpc) is 2.98. The lowest BCUT2D eigenvalue weighted by Crippen LogP contribution is -2.12. The monoisotopic (exact) mass is 399 g/mol. The highest BCUT2D eigenvalue weighted by Gasteiger charge is 2.15. The zero-order valence-corrected chi connectivity index (χ0v) is 15.0. The van der Waals surface area contributed by atoms with Crippen LogP contribution in [0.25, 0.3) is 0 Å². The van der Waals surface area contributed by atoms with Crippen LogP contribution in [-0.2, 0) is 16.6 Å². The zero-order chi connectivity index (χ0) is 18.0. The predicted molar refractivity (Wildman–Crippen MR) is 95.0 cm³/mol. The van der Waals surface area contributed by atoms with E-state index in [9.17, 15) is 12.8 Å². The molecule has 2 aromatic carbocycles. The molecule has 1 N–H and O–H groups in total. The molecule has 0 spiro atoms. The second kappa shape index (κ2) is 7.03. The van der Waals surface area contributed by atoms with Crippen molar-refractivity contribution in [3.05, 3.63) is 76.3 Å². The summed E-state index contributed by atoms with van der Waals surface area (Å²) in [4.78, 5) is 0.0711. The number of rotatable bonds is 5. The summed E-state index contributed by atoms with van der Waals surface area (Å²) in [5.74, 6) is -0.453. The Morgan fingerprint density at radius 1 is 1.12 bits per heavy atom. The van der Waals surface area contributed by atoms with Crippen LogP contribution in [0.4, 0.5) is 10.1 Å². The first kappa shape index (κ1) is 17.7. The molecule has 0 bridgehead atoms. The van der Waals surface area contributed by atoms with E-state index in [-0.39, 0.29) is 27.7 Å². The van der Waals surface area contributed by atoms with Gasteiger partial charge in [-0.1, -0.05) is 29.3 Å². The standard InChI is InChI=1S/C16H12Cl2FN3O2S/c17-11-4-6-13(7-5-11)25(23,24)21-12-8-20-22(9-12)10-14-15(18)2-1-3-16(14)19/h1-9,21H,10H2. The number of sulfonamides is 1. The van der Waals surface area contributed by atoms with E-state index in [1.54, 1.807) is 6.07 Å². The van der Waals surface area contributed by atoms with Crippen LogP contribution in [0.5, 0.6) is 0 Å². The molecule has 0 radical (unpaired) electrons. The van der Waals surface area contributed by atoms with E-state index >= 15 is 0 Å². The lowest BCUT2D eigenvalue weighted by Gasteiger charge is -2.07. The van der Waals surface area contributed by atoms with Gasteiger partial charge in [-0.3, -0.25) is 9.40 Å². The topological polar surface area (TPSA) is 64.0 Å². The lowest BCUT2D eigenvalue weighted by atomic mass is 10.2. The molecule has 1 aromatic heterocycles. The number of hydrogen-bond acceptors (Lipinski definition) is 3. The molecule has 0 amide bonds. The Morgan fingerprint density at radius 2 is 1.84 bits per heavy atom. The fraction of sp³-hybridized carbons (Fsp3) is 0.0625.